The Kier molecular flexibility index (Phi) is 4.51. The van der Waals surface area contributed by atoms with Crippen LogP contribution >= 0.6 is 11.6 Å². The Morgan fingerprint density at radius 3 is 2.45 bits per heavy atom. The number of halogens is 1. The van der Waals surface area contributed by atoms with Crippen LogP contribution < -0.4 is 0 Å². The van der Waals surface area contributed by atoms with Crippen molar-refractivity contribution in [3.05, 3.63) is 16.8 Å². The zero-order chi connectivity index (χ0) is 8.91. The highest BCUT2D eigenvalue weighted by Crippen LogP contribution is 2.08. The fourth-order valence-corrected chi connectivity index (χ4v) is 0.646. The molecule has 0 N–H and O–H groups in total. The summed E-state index contributed by atoms with van der Waals surface area (Å²) in [6.07, 6.45) is 0. The van der Waals surface area contributed by atoms with Gasteiger partial charge in [-0.25, -0.2) is 0 Å². The van der Waals surface area contributed by atoms with E-state index < -0.39 is 0 Å². The lowest BCUT2D eigenvalue weighted by Gasteiger charge is -2.18. The molecule has 0 fully saturated rings. The highest BCUT2D eigenvalue weighted by atomic mass is 35.5. The van der Waals surface area contributed by atoms with Crippen LogP contribution in [-0.4, -0.2) is 12.2 Å². The zero-order valence-corrected chi connectivity index (χ0v) is 8.33. The lowest BCUT2D eigenvalue weighted by molar-refractivity contribution is 0.0112. The smallest absolute Gasteiger partial charge is 0.0755 e. The van der Waals surface area contributed by atoms with Crippen molar-refractivity contribution in [1.29, 1.82) is 0 Å². The van der Waals surface area contributed by atoms with Crippen LogP contribution in [0.5, 0.6) is 0 Å². The van der Waals surface area contributed by atoms with Crippen LogP contribution in [0.15, 0.2) is 16.8 Å². The molecule has 0 atom stereocenters. The van der Waals surface area contributed by atoms with Gasteiger partial charge in [-0.05, 0) is 33.3 Å². The second-order valence-corrected chi connectivity index (χ2v) is 3.65. The quantitative estimate of drug-likeness (QED) is 0.585. The Labute approximate surface area is 73.7 Å². The maximum absolute atomic E-state index is 5.47. The average molecular weight is 175 g/mol. The second-order valence-electron chi connectivity index (χ2n) is 3.43. The Morgan fingerprint density at radius 1 is 1.55 bits per heavy atom. The topological polar surface area (TPSA) is 9.23 Å². The first-order chi connectivity index (χ1) is 4.95. The van der Waals surface area contributed by atoms with Gasteiger partial charge in [0.25, 0.3) is 0 Å². The average Bonchev–Trinajstić information content (AvgIpc) is 1.83. The summed E-state index contributed by atoms with van der Waals surface area (Å²) in [6, 6.07) is 0. The van der Waals surface area contributed by atoms with Crippen LogP contribution in [0.1, 0.15) is 27.7 Å². The van der Waals surface area contributed by atoms with Gasteiger partial charge in [0.1, 0.15) is 0 Å². The summed E-state index contributed by atoms with van der Waals surface area (Å²) in [4.78, 5) is 0. The molecular weight excluding hydrogens is 160 g/mol. The third-order valence-corrected chi connectivity index (χ3v) is 1.13. The van der Waals surface area contributed by atoms with Gasteiger partial charge in [-0.2, -0.15) is 0 Å². The van der Waals surface area contributed by atoms with Gasteiger partial charge >= 0.3 is 0 Å². The fraction of sp³-hybridized carbons (Fsp3) is 0.667. The molecular formula is C9H15ClO. The van der Waals surface area contributed by atoms with Gasteiger partial charge < -0.3 is 4.74 Å². The molecule has 0 aliphatic carbocycles. The van der Waals surface area contributed by atoms with Crippen LogP contribution in [0.3, 0.4) is 0 Å². The Morgan fingerprint density at radius 2 is 2.09 bits per heavy atom. The molecule has 0 aromatic heterocycles. The summed E-state index contributed by atoms with van der Waals surface area (Å²) < 4.78 is 5.47. The van der Waals surface area contributed by atoms with E-state index in [2.05, 4.69) is 5.73 Å². The molecule has 0 amide bonds. The van der Waals surface area contributed by atoms with Crippen molar-refractivity contribution in [3.8, 4) is 0 Å². The van der Waals surface area contributed by atoms with Crippen molar-refractivity contribution in [3.63, 3.8) is 0 Å². The molecule has 1 nitrogen and oxygen atoms in total. The van der Waals surface area contributed by atoms with Crippen molar-refractivity contribution < 1.29 is 4.74 Å². The molecule has 11 heavy (non-hydrogen) atoms. The fourth-order valence-electron chi connectivity index (χ4n) is 0.460. The van der Waals surface area contributed by atoms with E-state index in [0.717, 1.165) is 5.57 Å². The molecule has 0 aliphatic rings. The number of ether oxygens (including phenoxy) is 1. The first kappa shape index (κ1) is 10.8. The Hall–Kier alpha value is -0.230. The highest BCUT2D eigenvalue weighted by molar-refractivity contribution is 6.25. The van der Waals surface area contributed by atoms with E-state index in [4.69, 9.17) is 16.3 Å². The number of hydrogen-bond acceptors (Lipinski definition) is 1. The molecule has 0 saturated heterocycles. The predicted molar refractivity (Wildman–Crippen MR) is 48.8 cm³/mol. The van der Waals surface area contributed by atoms with E-state index in [-0.39, 0.29) is 5.60 Å². The van der Waals surface area contributed by atoms with E-state index in [0.29, 0.717) is 6.61 Å². The molecule has 64 valence electrons. The largest absolute Gasteiger partial charge is 0.371 e. The SMILES string of the molecule is CC(=C=CCl)COC(C)(C)C. The lowest BCUT2D eigenvalue weighted by Crippen LogP contribution is -2.19. The van der Waals surface area contributed by atoms with Gasteiger partial charge in [-0.1, -0.05) is 11.6 Å². The van der Waals surface area contributed by atoms with Crippen LogP contribution in [0.4, 0.5) is 0 Å². The second kappa shape index (κ2) is 4.61. The molecule has 0 unspecified atom stereocenters. The number of rotatable bonds is 2. The molecule has 0 radical (unpaired) electrons. The summed E-state index contributed by atoms with van der Waals surface area (Å²) in [5.74, 6) is 0. The molecule has 0 aliphatic heterocycles. The Balaban J connectivity index is 3.82. The normalized spacial score (nSPS) is 10.6. The summed E-state index contributed by atoms with van der Waals surface area (Å²) >= 11 is 5.33. The first-order valence-electron chi connectivity index (χ1n) is 3.60. The van der Waals surface area contributed by atoms with Gasteiger partial charge in [0, 0.05) is 5.54 Å². The maximum atomic E-state index is 5.47. The van der Waals surface area contributed by atoms with Crippen molar-refractivity contribution in [1.82, 2.24) is 0 Å². The van der Waals surface area contributed by atoms with Crippen molar-refractivity contribution in [2.45, 2.75) is 33.3 Å². The third kappa shape index (κ3) is 7.67. The molecule has 2 heteroatoms. The molecule has 0 rings (SSSR count). The van der Waals surface area contributed by atoms with Crippen molar-refractivity contribution >= 4 is 11.6 Å². The lowest BCUT2D eigenvalue weighted by atomic mass is 10.2. The maximum Gasteiger partial charge on any atom is 0.0755 e. The molecule has 0 aromatic rings. The van der Waals surface area contributed by atoms with E-state index in [1.165, 1.54) is 5.54 Å². The summed E-state index contributed by atoms with van der Waals surface area (Å²) in [5.41, 5.74) is 5.15. The minimum absolute atomic E-state index is 0.0880. The third-order valence-electron chi connectivity index (χ3n) is 1.02. The van der Waals surface area contributed by atoms with Crippen molar-refractivity contribution in [2.24, 2.45) is 0 Å². The molecule has 0 saturated carbocycles. The Bertz CT molecular complexity index is 170. The monoisotopic (exact) mass is 174 g/mol. The van der Waals surface area contributed by atoms with Crippen LogP contribution in [-0.2, 0) is 4.74 Å². The first-order valence-corrected chi connectivity index (χ1v) is 4.04. The summed E-state index contributed by atoms with van der Waals surface area (Å²) in [5, 5.41) is 0. The van der Waals surface area contributed by atoms with E-state index in [1.54, 1.807) is 0 Å². The van der Waals surface area contributed by atoms with Gasteiger partial charge in [-0.15, -0.1) is 5.73 Å². The summed E-state index contributed by atoms with van der Waals surface area (Å²) in [7, 11) is 0. The minimum Gasteiger partial charge on any atom is -0.371 e. The molecule has 0 bridgehead atoms. The van der Waals surface area contributed by atoms with Gasteiger partial charge in [-0.3, -0.25) is 0 Å². The molecule has 0 aromatic carbocycles. The zero-order valence-electron chi connectivity index (χ0n) is 7.57. The van der Waals surface area contributed by atoms with Crippen LogP contribution in [0.2, 0.25) is 0 Å². The van der Waals surface area contributed by atoms with Crippen LogP contribution in [0, 0.1) is 0 Å². The standard InChI is InChI=1S/C9H15ClO/c1-8(5-6-10)7-11-9(2,3)4/h6H,7H2,1-4H3. The van der Waals surface area contributed by atoms with Gasteiger partial charge in [0.15, 0.2) is 0 Å². The van der Waals surface area contributed by atoms with Gasteiger partial charge in [0.05, 0.1) is 12.2 Å². The van der Waals surface area contributed by atoms with E-state index >= 15 is 0 Å². The molecule has 0 spiro atoms. The van der Waals surface area contributed by atoms with E-state index in [9.17, 15) is 0 Å². The number of hydrogen-bond donors (Lipinski definition) is 0. The van der Waals surface area contributed by atoms with Crippen LogP contribution in [0.25, 0.3) is 0 Å². The van der Waals surface area contributed by atoms with E-state index in [1.807, 2.05) is 27.7 Å². The van der Waals surface area contributed by atoms with Gasteiger partial charge in [0.2, 0.25) is 0 Å². The minimum atomic E-state index is -0.0880. The highest BCUT2D eigenvalue weighted by Gasteiger charge is 2.08. The summed E-state index contributed by atoms with van der Waals surface area (Å²) in [6.45, 7) is 8.58. The molecule has 0 heterocycles. The predicted octanol–water partition coefficient (Wildman–Crippen LogP) is 3.10. The van der Waals surface area contributed by atoms with Crippen molar-refractivity contribution in [2.75, 3.05) is 6.61 Å².